The van der Waals surface area contributed by atoms with E-state index >= 15 is 0 Å². The third kappa shape index (κ3) is 2.96. The zero-order chi connectivity index (χ0) is 12.3. The molecule has 1 aromatic heterocycles. The van der Waals surface area contributed by atoms with Crippen molar-refractivity contribution in [1.29, 1.82) is 0 Å². The Bertz CT molecular complexity index is 496. The van der Waals surface area contributed by atoms with E-state index in [2.05, 4.69) is 39.2 Å². The molecule has 17 heavy (non-hydrogen) atoms. The molecule has 90 valence electrons. The van der Waals surface area contributed by atoms with Gasteiger partial charge in [0.25, 0.3) is 0 Å². The zero-order valence-corrected chi connectivity index (χ0v) is 11.5. The van der Waals surface area contributed by atoms with E-state index in [0.717, 1.165) is 16.1 Å². The summed E-state index contributed by atoms with van der Waals surface area (Å²) in [5, 5.41) is 3.14. The lowest BCUT2D eigenvalue weighted by Crippen LogP contribution is -2.12. The molecule has 1 atom stereocenters. The molecule has 1 heterocycles. The summed E-state index contributed by atoms with van der Waals surface area (Å²) in [5.41, 5.74) is 2.12. The molecular formula is C13H15BrN2O. The van der Waals surface area contributed by atoms with E-state index in [4.69, 9.17) is 4.42 Å². The molecule has 4 heteroatoms. The Labute approximate surface area is 109 Å². The summed E-state index contributed by atoms with van der Waals surface area (Å²) in [7, 11) is 1.91. The van der Waals surface area contributed by atoms with E-state index in [1.165, 1.54) is 5.56 Å². The second kappa shape index (κ2) is 5.47. The fraction of sp³-hybridized carbons (Fsp3) is 0.308. The van der Waals surface area contributed by atoms with Crippen LogP contribution >= 0.6 is 15.9 Å². The average molecular weight is 295 g/mol. The number of hydrogen-bond acceptors (Lipinski definition) is 3. The molecule has 3 nitrogen and oxygen atoms in total. The van der Waals surface area contributed by atoms with E-state index in [1.807, 2.05) is 25.2 Å². The van der Waals surface area contributed by atoms with Crippen LogP contribution in [0.25, 0.3) is 0 Å². The van der Waals surface area contributed by atoms with Gasteiger partial charge < -0.3 is 9.73 Å². The third-order valence-corrected chi connectivity index (χ3v) is 3.52. The van der Waals surface area contributed by atoms with Crippen LogP contribution in [0.5, 0.6) is 0 Å². The minimum atomic E-state index is 0.215. The van der Waals surface area contributed by atoms with Crippen LogP contribution in [0.3, 0.4) is 0 Å². The first-order chi connectivity index (χ1) is 8.20. The molecule has 1 N–H and O–H groups in total. The summed E-state index contributed by atoms with van der Waals surface area (Å²) in [6.45, 7) is 2.06. The van der Waals surface area contributed by atoms with Gasteiger partial charge >= 0.3 is 0 Å². The summed E-state index contributed by atoms with van der Waals surface area (Å²) in [4.78, 5) is 4.47. The minimum Gasteiger partial charge on any atom is -0.448 e. The lowest BCUT2D eigenvalue weighted by Gasteiger charge is -2.03. The molecule has 2 aromatic rings. The van der Waals surface area contributed by atoms with Crippen LogP contribution in [-0.2, 0) is 6.42 Å². The van der Waals surface area contributed by atoms with Crippen molar-refractivity contribution in [2.24, 2.45) is 0 Å². The lowest BCUT2D eigenvalue weighted by atomic mass is 10.1. The number of nitrogens with zero attached hydrogens (tertiary/aromatic N) is 1. The Balaban J connectivity index is 2.14. The molecule has 0 radical (unpaired) electrons. The van der Waals surface area contributed by atoms with Gasteiger partial charge in [0, 0.05) is 10.5 Å². The molecular weight excluding hydrogens is 280 g/mol. The van der Waals surface area contributed by atoms with Gasteiger partial charge in [0.1, 0.15) is 6.26 Å². The summed E-state index contributed by atoms with van der Waals surface area (Å²) in [6, 6.07) is 8.31. The SMILES string of the molecule is CNC(C)c1coc(Cc2ccccc2Br)n1. The van der Waals surface area contributed by atoms with Crippen molar-refractivity contribution in [2.45, 2.75) is 19.4 Å². The Morgan fingerprint density at radius 2 is 2.18 bits per heavy atom. The predicted molar refractivity (Wildman–Crippen MR) is 70.9 cm³/mol. The van der Waals surface area contributed by atoms with E-state index in [0.29, 0.717) is 6.42 Å². The van der Waals surface area contributed by atoms with Crippen molar-refractivity contribution in [2.75, 3.05) is 7.05 Å². The number of aromatic nitrogens is 1. The Hall–Kier alpha value is -1.13. The first-order valence-corrected chi connectivity index (χ1v) is 6.35. The van der Waals surface area contributed by atoms with Gasteiger partial charge in [0.2, 0.25) is 0 Å². The highest BCUT2D eigenvalue weighted by molar-refractivity contribution is 9.10. The molecule has 0 saturated heterocycles. The van der Waals surface area contributed by atoms with Crippen molar-refractivity contribution >= 4 is 15.9 Å². The maximum absolute atomic E-state index is 5.47. The number of halogens is 1. The molecule has 0 aliphatic rings. The van der Waals surface area contributed by atoms with Crippen LogP contribution in [0.1, 0.15) is 30.1 Å². The van der Waals surface area contributed by atoms with Crippen molar-refractivity contribution in [3.63, 3.8) is 0 Å². The monoisotopic (exact) mass is 294 g/mol. The quantitative estimate of drug-likeness (QED) is 0.940. The first-order valence-electron chi connectivity index (χ1n) is 5.55. The first kappa shape index (κ1) is 12.3. The number of nitrogens with one attached hydrogen (secondary N) is 1. The number of benzene rings is 1. The topological polar surface area (TPSA) is 38.1 Å². The van der Waals surface area contributed by atoms with Gasteiger partial charge in [-0.3, -0.25) is 0 Å². The van der Waals surface area contributed by atoms with Crippen LogP contribution in [0.2, 0.25) is 0 Å². The highest BCUT2D eigenvalue weighted by atomic mass is 79.9. The Morgan fingerprint density at radius 3 is 2.88 bits per heavy atom. The molecule has 1 aromatic carbocycles. The van der Waals surface area contributed by atoms with Crippen LogP contribution in [0.15, 0.2) is 39.4 Å². The summed E-state index contributed by atoms with van der Waals surface area (Å²) < 4.78 is 6.56. The molecule has 0 aliphatic heterocycles. The van der Waals surface area contributed by atoms with Gasteiger partial charge in [-0.25, -0.2) is 4.98 Å². The van der Waals surface area contributed by atoms with E-state index in [1.54, 1.807) is 6.26 Å². The van der Waals surface area contributed by atoms with Gasteiger partial charge in [0.15, 0.2) is 5.89 Å². The maximum Gasteiger partial charge on any atom is 0.198 e. The molecule has 1 unspecified atom stereocenters. The lowest BCUT2D eigenvalue weighted by molar-refractivity contribution is 0.504. The van der Waals surface area contributed by atoms with E-state index < -0.39 is 0 Å². The molecule has 0 fully saturated rings. The third-order valence-electron chi connectivity index (χ3n) is 2.75. The molecule has 0 spiro atoms. The largest absolute Gasteiger partial charge is 0.448 e. The van der Waals surface area contributed by atoms with E-state index in [9.17, 15) is 0 Å². The van der Waals surface area contributed by atoms with Gasteiger partial charge in [-0.05, 0) is 25.6 Å². The molecule has 0 saturated carbocycles. The smallest absolute Gasteiger partial charge is 0.198 e. The van der Waals surface area contributed by atoms with Gasteiger partial charge in [-0.2, -0.15) is 0 Å². The highest BCUT2D eigenvalue weighted by Gasteiger charge is 2.10. The maximum atomic E-state index is 5.47. The van der Waals surface area contributed by atoms with Crippen LogP contribution in [-0.4, -0.2) is 12.0 Å². The second-order valence-electron chi connectivity index (χ2n) is 3.94. The van der Waals surface area contributed by atoms with Gasteiger partial charge in [0.05, 0.1) is 12.1 Å². The number of hydrogen-bond donors (Lipinski definition) is 1. The van der Waals surface area contributed by atoms with Crippen LogP contribution < -0.4 is 5.32 Å². The predicted octanol–water partition coefficient (Wildman–Crippen LogP) is 3.31. The molecule has 0 aliphatic carbocycles. The van der Waals surface area contributed by atoms with Crippen LogP contribution in [0.4, 0.5) is 0 Å². The fourth-order valence-corrected chi connectivity index (χ4v) is 1.98. The Kier molecular flexibility index (Phi) is 3.97. The number of oxazole rings is 1. The summed E-state index contributed by atoms with van der Waals surface area (Å²) >= 11 is 3.52. The average Bonchev–Trinajstić information content (AvgIpc) is 2.80. The van der Waals surface area contributed by atoms with Crippen molar-refractivity contribution in [3.05, 3.63) is 52.1 Å². The standard InChI is InChI=1S/C13H15BrN2O/c1-9(15-2)12-8-17-13(16-12)7-10-5-3-4-6-11(10)14/h3-6,8-9,15H,7H2,1-2H3. The molecule has 0 amide bonds. The van der Waals surface area contributed by atoms with Gasteiger partial charge in [-0.15, -0.1) is 0 Å². The minimum absolute atomic E-state index is 0.215. The van der Waals surface area contributed by atoms with Crippen molar-refractivity contribution in [1.82, 2.24) is 10.3 Å². The van der Waals surface area contributed by atoms with Gasteiger partial charge in [-0.1, -0.05) is 34.1 Å². The van der Waals surface area contributed by atoms with Crippen molar-refractivity contribution < 1.29 is 4.42 Å². The van der Waals surface area contributed by atoms with Crippen molar-refractivity contribution in [3.8, 4) is 0 Å². The summed E-state index contributed by atoms with van der Waals surface area (Å²) in [5.74, 6) is 0.744. The number of rotatable bonds is 4. The Morgan fingerprint density at radius 1 is 1.41 bits per heavy atom. The van der Waals surface area contributed by atoms with Crippen LogP contribution in [0, 0.1) is 0 Å². The highest BCUT2D eigenvalue weighted by Crippen LogP contribution is 2.20. The fourth-order valence-electron chi connectivity index (χ4n) is 1.56. The molecule has 2 rings (SSSR count). The molecule has 0 bridgehead atoms. The normalized spacial score (nSPS) is 12.6. The summed E-state index contributed by atoms with van der Waals surface area (Å²) in [6.07, 6.45) is 2.42. The second-order valence-corrected chi connectivity index (χ2v) is 4.80. The zero-order valence-electron chi connectivity index (χ0n) is 9.90. The van der Waals surface area contributed by atoms with E-state index in [-0.39, 0.29) is 6.04 Å².